The second-order valence-corrected chi connectivity index (χ2v) is 3.94. The lowest BCUT2D eigenvalue weighted by Crippen LogP contribution is -2.35. The maximum Gasteiger partial charge on any atom is 0.167 e. The van der Waals surface area contributed by atoms with Crippen LogP contribution < -0.4 is 5.73 Å². The zero-order chi connectivity index (χ0) is 9.73. The van der Waals surface area contributed by atoms with Crippen molar-refractivity contribution in [3.8, 4) is 0 Å². The summed E-state index contributed by atoms with van der Waals surface area (Å²) in [6.07, 6.45) is 4.27. The van der Waals surface area contributed by atoms with Gasteiger partial charge in [-0.25, -0.2) is 0 Å². The average Bonchev–Trinajstić information content (AvgIpc) is 2.48. The molecule has 1 atom stereocenters. The minimum Gasteiger partial charge on any atom is -0.348 e. The molecule has 0 bridgehead atoms. The predicted octanol–water partition coefficient (Wildman–Crippen LogP) is 1.66. The molecule has 0 aliphatic carbocycles. The molecule has 0 radical (unpaired) electrons. The first kappa shape index (κ1) is 11.0. The minimum atomic E-state index is -0.410. The largest absolute Gasteiger partial charge is 0.348 e. The number of ether oxygens (including phenoxy) is 2. The molecule has 1 saturated heterocycles. The van der Waals surface area contributed by atoms with Crippen LogP contribution in [0.2, 0.25) is 0 Å². The van der Waals surface area contributed by atoms with Gasteiger partial charge in [-0.2, -0.15) is 0 Å². The van der Waals surface area contributed by atoms with Gasteiger partial charge in [0.05, 0.1) is 13.2 Å². The summed E-state index contributed by atoms with van der Waals surface area (Å²) in [6.45, 7) is 5.57. The van der Waals surface area contributed by atoms with Crippen LogP contribution >= 0.6 is 0 Å². The molecule has 0 aromatic carbocycles. The van der Waals surface area contributed by atoms with Gasteiger partial charge in [0.15, 0.2) is 5.79 Å². The van der Waals surface area contributed by atoms with Gasteiger partial charge in [0, 0.05) is 12.5 Å². The summed E-state index contributed by atoms with van der Waals surface area (Å²) in [5, 5.41) is 0. The molecule has 78 valence electrons. The molecule has 1 unspecified atom stereocenters. The van der Waals surface area contributed by atoms with Crippen LogP contribution in [0.5, 0.6) is 0 Å². The quantitative estimate of drug-likeness (QED) is 0.712. The number of nitrogens with two attached hydrogens (primary N) is 1. The third kappa shape index (κ3) is 3.63. The van der Waals surface area contributed by atoms with Crippen molar-refractivity contribution in [2.75, 3.05) is 13.2 Å². The van der Waals surface area contributed by atoms with Gasteiger partial charge in [-0.15, -0.1) is 0 Å². The molecule has 1 heterocycles. The summed E-state index contributed by atoms with van der Waals surface area (Å²) in [4.78, 5) is 0. The van der Waals surface area contributed by atoms with Crippen molar-refractivity contribution in [2.24, 2.45) is 5.73 Å². The van der Waals surface area contributed by atoms with E-state index in [4.69, 9.17) is 15.2 Å². The molecule has 1 aliphatic rings. The van der Waals surface area contributed by atoms with E-state index in [-0.39, 0.29) is 6.04 Å². The molecule has 0 saturated carbocycles. The highest BCUT2D eigenvalue weighted by Crippen LogP contribution is 2.24. The van der Waals surface area contributed by atoms with E-state index in [1.165, 1.54) is 12.8 Å². The van der Waals surface area contributed by atoms with Crippen LogP contribution in [0.3, 0.4) is 0 Å². The molecule has 1 fully saturated rings. The van der Waals surface area contributed by atoms with Crippen molar-refractivity contribution in [1.29, 1.82) is 0 Å². The second kappa shape index (κ2) is 4.94. The zero-order valence-electron chi connectivity index (χ0n) is 8.71. The molecule has 13 heavy (non-hydrogen) atoms. The predicted molar refractivity (Wildman–Crippen MR) is 52.4 cm³/mol. The van der Waals surface area contributed by atoms with Crippen LogP contribution in [-0.2, 0) is 9.47 Å². The lowest BCUT2D eigenvalue weighted by Gasteiger charge is -2.25. The maximum atomic E-state index is 5.96. The molecule has 0 aromatic heterocycles. The second-order valence-electron chi connectivity index (χ2n) is 3.94. The van der Waals surface area contributed by atoms with Crippen molar-refractivity contribution in [2.45, 2.75) is 51.4 Å². The van der Waals surface area contributed by atoms with Crippen LogP contribution in [0.1, 0.15) is 39.5 Å². The molecule has 3 heteroatoms. The number of rotatable bonds is 5. The molecule has 0 aromatic rings. The van der Waals surface area contributed by atoms with E-state index in [0.29, 0.717) is 13.2 Å². The summed E-state index contributed by atoms with van der Waals surface area (Å²) in [6, 6.07) is 0.211. The number of unbranched alkanes of at least 4 members (excludes halogenated alkanes) is 1. The molecular weight excluding hydrogens is 166 g/mol. The SMILES string of the molecule is CCCCC(N)CC1(C)OCCO1. The van der Waals surface area contributed by atoms with Gasteiger partial charge in [-0.1, -0.05) is 19.8 Å². The van der Waals surface area contributed by atoms with Crippen molar-refractivity contribution in [1.82, 2.24) is 0 Å². The van der Waals surface area contributed by atoms with Crippen LogP contribution in [0, 0.1) is 0 Å². The van der Waals surface area contributed by atoms with Crippen molar-refractivity contribution >= 4 is 0 Å². The van der Waals surface area contributed by atoms with Crippen LogP contribution in [0.25, 0.3) is 0 Å². The summed E-state index contributed by atoms with van der Waals surface area (Å²) in [5.41, 5.74) is 5.96. The molecular formula is C10H21NO2. The smallest absolute Gasteiger partial charge is 0.167 e. The Labute approximate surface area is 80.6 Å². The first-order valence-electron chi connectivity index (χ1n) is 5.20. The Bertz CT molecular complexity index is 144. The van der Waals surface area contributed by atoms with E-state index >= 15 is 0 Å². The van der Waals surface area contributed by atoms with Crippen molar-refractivity contribution < 1.29 is 9.47 Å². The number of hydrogen-bond acceptors (Lipinski definition) is 3. The van der Waals surface area contributed by atoms with Gasteiger partial charge in [-0.05, 0) is 13.3 Å². The van der Waals surface area contributed by atoms with E-state index in [1.807, 2.05) is 6.92 Å². The Balaban J connectivity index is 2.21. The summed E-state index contributed by atoms with van der Waals surface area (Å²) >= 11 is 0. The third-order valence-corrected chi connectivity index (χ3v) is 2.46. The van der Waals surface area contributed by atoms with Crippen LogP contribution in [0.4, 0.5) is 0 Å². The fourth-order valence-electron chi connectivity index (χ4n) is 1.72. The lowest BCUT2D eigenvalue weighted by atomic mass is 10.0. The molecule has 2 N–H and O–H groups in total. The highest BCUT2D eigenvalue weighted by atomic mass is 16.7. The first-order valence-corrected chi connectivity index (χ1v) is 5.20. The zero-order valence-corrected chi connectivity index (χ0v) is 8.71. The van der Waals surface area contributed by atoms with Crippen molar-refractivity contribution in [3.05, 3.63) is 0 Å². The molecule has 1 rings (SSSR count). The molecule has 0 amide bonds. The van der Waals surface area contributed by atoms with E-state index in [1.54, 1.807) is 0 Å². The van der Waals surface area contributed by atoms with E-state index in [0.717, 1.165) is 12.8 Å². The Hall–Kier alpha value is -0.120. The highest BCUT2D eigenvalue weighted by Gasteiger charge is 2.32. The average molecular weight is 187 g/mol. The van der Waals surface area contributed by atoms with Gasteiger partial charge in [0.2, 0.25) is 0 Å². The Kier molecular flexibility index (Phi) is 4.16. The fraction of sp³-hybridized carbons (Fsp3) is 1.00. The summed E-state index contributed by atoms with van der Waals surface area (Å²) < 4.78 is 11.0. The Morgan fingerprint density at radius 1 is 1.38 bits per heavy atom. The lowest BCUT2D eigenvalue weighted by molar-refractivity contribution is -0.149. The normalized spacial score (nSPS) is 23.3. The fourth-order valence-corrected chi connectivity index (χ4v) is 1.72. The monoisotopic (exact) mass is 187 g/mol. The Morgan fingerprint density at radius 2 is 2.00 bits per heavy atom. The topological polar surface area (TPSA) is 44.5 Å². The summed E-state index contributed by atoms with van der Waals surface area (Å²) in [5.74, 6) is -0.410. The van der Waals surface area contributed by atoms with Gasteiger partial charge >= 0.3 is 0 Å². The maximum absolute atomic E-state index is 5.96. The molecule has 3 nitrogen and oxygen atoms in total. The molecule has 0 spiro atoms. The minimum absolute atomic E-state index is 0.211. The first-order chi connectivity index (χ1) is 6.16. The standard InChI is InChI=1S/C10H21NO2/c1-3-4-5-9(11)8-10(2)12-6-7-13-10/h9H,3-8,11H2,1-2H3. The van der Waals surface area contributed by atoms with E-state index in [2.05, 4.69) is 6.92 Å². The van der Waals surface area contributed by atoms with E-state index in [9.17, 15) is 0 Å². The number of hydrogen-bond donors (Lipinski definition) is 1. The summed E-state index contributed by atoms with van der Waals surface area (Å²) in [7, 11) is 0. The van der Waals surface area contributed by atoms with Crippen LogP contribution in [0.15, 0.2) is 0 Å². The van der Waals surface area contributed by atoms with E-state index < -0.39 is 5.79 Å². The Morgan fingerprint density at radius 3 is 2.54 bits per heavy atom. The molecule has 1 aliphatic heterocycles. The van der Waals surface area contributed by atoms with Crippen molar-refractivity contribution in [3.63, 3.8) is 0 Å². The highest BCUT2D eigenvalue weighted by molar-refractivity contribution is 4.75. The van der Waals surface area contributed by atoms with Gasteiger partial charge in [0.1, 0.15) is 0 Å². The van der Waals surface area contributed by atoms with Gasteiger partial charge < -0.3 is 15.2 Å². The van der Waals surface area contributed by atoms with Gasteiger partial charge in [-0.3, -0.25) is 0 Å². The van der Waals surface area contributed by atoms with Gasteiger partial charge in [0.25, 0.3) is 0 Å². The third-order valence-electron chi connectivity index (χ3n) is 2.46. The van der Waals surface area contributed by atoms with Crippen LogP contribution in [-0.4, -0.2) is 25.0 Å².